The summed E-state index contributed by atoms with van der Waals surface area (Å²) >= 11 is 0. The van der Waals surface area contributed by atoms with Gasteiger partial charge >= 0.3 is 0 Å². The number of fused-ring (bicyclic) bond motifs is 8. The first-order valence-electron chi connectivity index (χ1n) is 22.0. The number of benzene rings is 10. The van der Waals surface area contributed by atoms with Crippen molar-refractivity contribution >= 4 is 49.4 Å². The molecule has 2 aliphatic carbocycles. The lowest BCUT2D eigenvalue weighted by molar-refractivity contribution is 0.645. The van der Waals surface area contributed by atoms with E-state index in [0.717, 1.165) is 11.4 Å². The summed E-state index contributed by atoms with van der Waals surface area (Å²) in [5, 5.41) is 7.71. The first-order valence-corrected chi connectivity index (χ1v) is 22.0. The third kappa shape index (κ3) is 5.28. The molecule has 2 aliphatic rings. The van der Waals surface area contributed by atoms with Crippen molar-refractivity contribution < 1.29 is 0 Å². The molecule has 0 atom stereocenters. The van der Waals surface area contributed by atoms with Crippen molar-refractivity contribution in [1.29, 1.82) is 0 Å². The second kappa shape index (κ2) is 13.4. The number of aryl methyl sites for hydroxylation is 1. The predicted molar refractivity (Wildman–Crippen MR) is 264 cm³/mol. The lowest BCUT2D eigenvalue weighted by Crippen LogP contribution is -2.24. The van der Waals surface area contributed by atoms with Crippen LogP contribution >= 0.6 is 0 Å². The highest BCUT2D eigenvalue weighted by Crippen LogP contribution is 2.55. The van der Waals surface area contributed by atoms with Gasteiger partial charge in [-0.15, -0.1) is 0 Å². The Kier molecular flexibility index (Phi) is 7.91. The van der Waals surface area contributed by atoms with Crippen LogP contribution in [0.3, 0.4) is 0 Å². The molecule has 0 fully saturated rings. The molecule has 0 saturated carbocycles. The molecular formula is C61H47N. The Bertz CT molecular complexity index is 3460. The molecule has 0 unspecified atom stereocenters. The van der Waals surface area contributed by atoms with Crippen LogP contribution < -0.4 is 4.90 Å². The lowest BCUT2D eigenvalue weighted by Gasteiger charge is -2.37. The zero-order valence-electron chi connectivity index (χ0n) is 35.9. The van der Waals surface area contributed by atoms with E-state index in [1.165, 1.54) is 110 Å². The van der Waals surface area contributed by atoms with E-state index in [2.05, 4.69) is 234 Å². The van der Waals surface area contributed by atoms with Crippen LogP contribution in [0, 0.1) is 6.92 Å². The van der Waals surface area contributed by atoms with Crippen LogP contribution in [-0.4, -0.2) is 0 Å². The Labute approximate surface area is 364 Å². The highest BCUT2D eigenvalue weighted by Gasteiger charge is 2.38. The molecule has 0 N–H and O–H groups in total. The monoisotopic (exact) mass is 793 g/mol. The Morgan fingerprint density at radius 3 is 1.79 bits per heavy atom. The van der Waals surface area contributed by atoms with E-state index in [0.29, 0.717) is 0 Å². The maximum absolute atomic E-state index is 2.50. The van der Waals surface area contributed by atoms with Crippen LogP contribution in [0.2, 0.25) is 0 Å². The normalized spacial score (nSPS) is 14.1. The van der Waals surface area contributed by atoms with Gasteiger partial charge in [-0.2, -0.15) is 0 Å². The van der Waals surface area contributed by atoms with Gasteiger partial charge in [-0.1, -0.05) is 185 Å². The van der Waals surface area contributed by atoms with Crippen LogP contribution in [0.15, 0.2) is 194 Å². The quantitative estimate of drug-likeness (QED) is 0.157. The minimum Gasteiger partial charge on any atom is -0.310 e. The minimum atomic E-state index is -0.260. The summed E-state index contributed by atoms with van der Waals surface area (Å²) in [5.41, 5.74) is 20.2. The molecule has 0 amide bonds. The van der Waals surface area contributed by atoms with Crippen LogP contribution in [0.4, 0.5) is 17.1 Å². The fourth-order valence-electron chi connectivity index (χ4n) is 11.2. The zero-order chi connectivity index (χ0) is 41.9. The van der Waals surface area contributed by atoms with E-state index in [1.54, 1.807) is 0 Å². The average Bonchev–Trinajstić information content (AvgIpc) is 3.53. The minimum absolute atomic E-state index is 0.0790. The molecule has 1 nitrogen and oxygen atoms in total. The van der Waals surface area contributed by atoms with E-state index in [9.17, 15) is 0 Å². The number of hydrogen-bond acceptors (Lipinski definition) is 1. The van der Waals surface area contributed by atoms with Crippen LogP contribution in [-0.2, 0) is 10.8 Å². The number of hydrogen-bond donors (Lipinski definition) is 0. The standard InChI is InChI=1S/C61H47N/c1-38-15-13-19-43-36-56(49-21-9-10-22-50(49)57(38)43)62(44-29-25-40(26-30-44)39-16-7-6-8-17-39)45-31-34-51-55(37-45)61(4,5)53-24-14-18-41-27-32-46(59(51)58(41)53)42-28-33-48-47-20-11-12-23-52(47)60(2,3)54(48)35-42/h6-37H,1-5H3. The highest BCUT2D eigenvalue weighted by atomic mass is 15.1. The molecule has 296 valence electrons. The zero-order valence-corrected chi connectivity index (χ0v) is 35.9. The van der Waals surface area contributed by atoms with Crippen molar-refractivity contribution in [3.63, 3.8) is 0 Å². The summed E-state index contributed by atoms with van der Waals surface area (Å²) in [4.78, 5) is 2.50. The van der Waals surface area contributed by atoms with Gasteiger partial charge in [0, 0.05) is 27.6 Å². The molecule has 10 aromatic carbocycles. The molecule has 1 heteroatoms. The number of rotatable bonds is 5. The van der Waals surface area contributed by atoms with E-state index < -0.39 is 0 Å². The molecule has 0 spiro atoms. The predicted octanol–water partition coefficient (Wildman–Crippen LogP) is 16.9. The van der Waals surface area contributed by atoms with Crippen molar-refractivity contribution in [3.05, 3.63) is 222 Å². The molecule has 0 bridgehead atoms. The molecule has 0 aliphatic heterocycles. The summed E-state index contributed by atoms with van der Waals surface area (Å²) in [6, 6.07) is 72.9. The number of nitrogens with zero attached hydrogens (tertiary/aromatic N) is 1. The van der Waals surface area contributed by atoms with Crippen molar-refractivity contribution in [2.24, 2.45) is 0 Å². The smallest absolute Gasteiger partial charge is 0.0546 e. The molecule has 10 aromatic rings. The van der Waals surface area contributed by atoms with Crippen LogP contribution in [0.5, 0.6) is 0 Å². The van der Waals surface area contributed by atoms with Gasteiger partial charge in [0.1, 0.15) is 0 Å². The SMILES string of the molecule is Cc1cccc2cc(N(c3ccc(-c4ccccc4)cc3)c3ccc4c(c3)C(C)(C)c3cccc5ccc(-c6ccc7c(c6)C(C)(C)c6ccccc6-7)c-4c35)c3ccccc3c12. The maximum Gasteiger partial charge on any atom is 0.0546 e. The Morgan fingerprint density at radius 2 is 0.952 bits per heavy atom. The molecule has 62 heavy (non-hydrogen) atoms. The van der Waals surface area contributed by atoms with Crippen molar-refractivity contribution in [2.75, 3.05) is 4.90 Å². The van der Waals surface area contributed by atoms with Crippen molar-refractivity contribution in [2.45, 2.75) is 45.4 Å². The molecule has 0 heterocycles. The summed E-state index contributed by atoms with van der Waals surface area (Å²) in [6.45, 7) is 11.8. The summed E-state index contributed by atoms with van der Waals surface area (Å²) in [7, 11) is 0. The first-order chi connectivity index (χ1) is 30.2. The van der Waals surface area contributed by atoms with Gasteiger partial charge < -0.3 is 4.90 Å². The van der Waals surface area contributed by atoms with Crippen LogP contribution in [0.25, 0.3) is 76.8 Å². The average molecular weight is 794 g/mol. The summed E-state index contributed by atoms with van der Waals surface area (Å²) in [6.07, 6.45) is 0. The molecule has 0 radical (unpaired) electrons. The van der Waals surface area contributed by atoms with E-state index in [-0.39, 0.29) is 10.8 Å². The van der Waals surface area contributed by atoms with Gasteiger partial charge in [-0.25, -0.2) is 0 Å². The third-order valence-electron chi connectivity index (χ3n) is 14.4. The first kappa shape index (κ1) is 36.6. The van der Waals surface area contributed by atoms with Gasteiger partial charge in [-0.05, 0) is 143 Å². The van der Waals surface area contributed by atoms with Crippen molar-refractivity contribution in [3.8, 4) is 44.5 Å². The second-order valence-corrected chi connectivity index (χ2v) is 18.5. The van der Waals surface area contributed by atoms with Gasteiger partial charge in [0.15, 0.2) is 0 Å². The Balaban J connectivity index is 1.09. The van der Waals surface area contributed by atoms with Gasteiger partial charge in [0.05, 0.1) is 5.69 Å². The summed E-state index contributed by atoms with van der Waals surface area (Å²) in [5.74, 6) is 0. The largest absolute Gasteiger partial charge is 0.310 e. The van der Waals surface area contributed by atoms with E-state index in [1.807, 2.05) is 0 Å². The van der Waals surface area contributed by atoms with Crippen molar-refractivity contribution in [1.82, 2.24) is 0 Å². The molecular weight excluding hydrogens is 747 g/mol. The van der Waals surface area contributed by atoms with E-state index in [4.69, 9.17) is 0 Å². The maximum atomic E-state index is 2.50. The third-order valence-corrected chi connectivity index (χ3v) is 14.4. The molecule has 0 aromatic heterocycles. The summed E-state index contributed by atoms with van der Waals surface area (Å²) < 4.78 is 0. The van der Waals surface area contributed by atoms with Gasteiger partial charge in [0.2, 0.25) is 0 Å². The Morgan fingerprint density at radius 1 is 0.355 bits per heavy atom. The highest BCUT2D eigenvalue weighted by molar-refractivity contribution is 6.16. The molecule has 0 saturated heterocycles. The van der Waals surface area contributed by atoms with Crippen LogP contribution in [0.1, 0.15) is 55.5 Å². The number of anilines is 3. The van der Waals surface area contributed by atoms with Gasteiger partial charge in [-0.3, -0.25) is 0 Å². The van der Waals surface area contributed by atoms with Gasteiger partial charge in [0.25, 0.3) is 0 Å². The van der Waals surface area contributed by atoms with E-state index >= 15 is 0 Å². The molecule has 12 rings (SSSR count). The second-order valence-electron chi connectivity index (χ2n) is 18.5. The fourth-order valence-corrected chi connectivity index (χ4v) is 11.2. The lowest BCUT2D eigenvalue weighted by atomic mass is 9.67. The topological polar surface area (TPSA) is 3.24 Å². The fraction of sp³-hybridized carbons (Fsp3) is 0.115. The Hall–Kier alpha value is -7.22.